The third-order valence-electron chi connectivity index (χ3n) is 2.73. The molecule has 0 spiro atoms. The fourth-order valence-electron chi connectivity index (χ4n) is 1.74. The molecule has 0 aromatic carbocycles. The molecule has 74 valence electrons. The van der Waals surface area contributed by atoms with Gasteiger partial charge in [0.15, 0.2) is 0 Å². The summed E-state index contributed by atoms with van der Waals surface area (Å²) in [6.07, 6.45) is 4.76. The van der Waals surface area contributed by atoms with Gasteiger partial charge in [0.2, 0.25) is 5.91 Å². The molecule has 0 saturated heterocycles. The minimum Gasteiger partial charge on any atom is -0.300 e. The summed E-state index contributed by atoms with van der Waals surface area (Å²) in [5.74, 6) is 1.25. The molecule has 4 nitrogen and oxygen atoms in total. The molecule has 1 atom stereocenters. The monoisotopic (exact) mass is 191 g/mol. The van der Waals surface area contributed by atoms with Crippen molar-refractivity contribution in [3.63, 3.8) is 0 Å². The zero-order valence-corrected chi connectivity index (χ0v) is 8.40. The maximum Gasteiger partial charge on any atom is 0.227 e. The number of rotatable bonds is 0. The predicted molar refractivity (Wildman–Crippen MR) is 53.1 cm³/mol. The van der Waals surface area contributed by atoms with Crippen LogP contribution in [0.5, 0.6) is 0 Å². The Morgan fingerprint density at radius 2 is 2.36 bits per heavy atom. The molecule has 2 rings (SSSR count). The molecule has 1 aromatic rings. The standard InChI is InChI=1S/C10H13N3O/c1-7-3-4-9(14)13(2)10-8(7)5-11-6-12-10/h5-7H,3-4H2,1-2H3. The van der Waals surface area contributed by atoms with Crippen LogP contribution in [-0.2, 0) is 4.79 Å². The van der Waals surface area contributed by atoms with Gasteiger partial charge in [-0.3, -0.25) is 9.69 Å². The molecule has 0 fully saturated rings. The van der Waals surface area contributed by atoms with Crippen molar-refractivity contribution in [3.8, 4) is 0 Å². The van der Waals surface area contributed by atoms with Gasteiger partial charge in [0.05, 0.1) is 0 Å². The van der Waals surface area contributed by atoms with Crippen LogP contribution >= 0.6 is 0 Å². The lowest BCUT2D eigenvalue weighted by Gasteiger charge is -2.16. The van der Waals surface area contributed by atoms with Crippen LogP contribution in [0, 0.1) is 0 Å². The van der Waals surface area contributed by atoms with E-state index in [0.29, 0.717) is 12.3 Å². The van der Waals surface area contributed by atoms with Gasteiger partial charge in [-0.1, -0.05) is 6.92 Å². The molecule has 1 aliphatic rings. The average molecular weight is 191 g/mol. The molecule has 0 saturated carbocycles. The van der Waals surface area contributed by atoms with E-state index in [0.717, 1.165) is 17.8 Å². The van der Waals surface area contributed by atoms with Gasteiger partial charge in [0.1, 0.15) is 12.1 Å². The van der Waals surface area contributed by atoms with Gasteiger partial charge < -0.3 is 0 Å². The van der Waals surface area contributed by atoms with Crippen LogP contribution < -0.4 is 4.90 Å². The van der Waals surface area contributed by atoms with Crippen molar-refractivity contribution in [1.29, 1.82) is 0 Å². The first-order valence-corrected chi connectivity index (χ1v) is 4.76. The molecule has 0 aliphatic carbocycles. The topological polar surface area (TPSA) is 46.1 Å². The molecule has 0 N–H and O–H groups in total. The second-order valence-corrected chi connectivity index (χ2v) is 3.69. The minimum atomic E-state index is 0.134. The van der Waals surface area contributed by atoms with Crippen LogP contribution in [0.2, 0.25) is 0 Å². The smallest absolute Gasteiger partial charge is 0.227 e. The van der Waals surface area contributed by atoms with Crippen LogP contribution in [0.25, 0.3) is 0 Å². The zero-order valence-electron chi connectivity index (χ0n) is 8.40. The first-order valence-electron chi connectivity index (χ1n) is 4.76. The van der Waals surface area contributed by atoms with E-state index in [4.69, 9.17) is 0 Å². The van der Waals surface area contributed by atoms with Crippen LogP contribution in [0.1, 0.15) is 31.2 Å². The number of fused-ring (bicyclic) bond motifs is 1. The number of carbonyl (C=O) groups excluding carboxylic acids is 1. The second kappa shape index (κ2) is 3.36. The Balaban J connectivity index is 2.51. The van der Waals surface area contributed by atoms with Crippen molar-refractivity contribution in [1.82, 2.24) is 9.97 Å². The molecular weight excluding hydrogens is 178 g/mol. The Kier molecular flexibility index (Phi) is 2.19. The maximum absolute atomic E-state index is 11.6. The summed E-state index contributed by atoms with van der Waals surface area (Å²) in [6.45, 7) is 2.11. The molecule has 0 radical (unpaired) electrons. The molecule has 1 aromatic heterocycles. The fraction of sp³-hybridized carbons (Fsp3) is 0.500. The van der Waals surface area contributed by atoms with Gasteiger partial charge in [0.25, 0.3) is 0 Å². The van der Waals surface area contributed by atoms with E-state index >= 15 is 0 Å². The van der Waals surface area contributed by atoms with Crippen molar-refractivity contribution >= 4 is 11.7 Å². The van der Waals surface area contributed by atoms with Crippen LogP contribution in [-0.4, -0.2) is 22.9 Å². The van der Waals surface area contributed by atoms with Crippen molar-refractivity contribution in [2.45, 2.75) is 25.7 Å². The summed E-state index contributed by atoms with van der Waals surface area (Å²) >= 11 is 0. The maximum atomic E-state index is 11.6. The Bertz CT molecular complexity index is 364. The van der Waals surface area contributed by atoms with E-state index in [1.54, 1.807) is 11.9 Å². The van der Waals surface area contributed by atoms with Gasteiger partial charge in [0, 0.05) is 25.2 Å². The van der Waals surface area contributed by atoms with Crippen molar-refractivity contribution < 1.29 is 4.79 Å². The molecular formula is C10H13N3O. The summed E-state index contributed by atoms with van der Waals surface area (Å²) in [7, 11) is 1.77. The predicted octanol–water partition coefficient (Wildman–Crippen LogP) is 1.34. The SMILES string of the molecule is CC1CCC(=O)N(C)c2ncncc21. The lowest BCUT2D eigenvalue weighted by atomic mass is 9.99. The number of amides is 1. The number of hydrogen-bond acceptors (Lipinski definition) is 3. The Hall–Kier alpha value is -1.45. The highest BCUT2D eigenvalue weighted by atomic mass is 16.2. The number of hydrogen-bond donors (Lipinski definition) is 0. The van der Waals surface area contributed by atoms with Crippen LogP contribution in [0.15, 0.2) is 12.5 Å². The summed E-state index contributed by atoms with van der Waals surface area (Å²) in [4.78, 5) is 21.4. The van der Waals surface area contributed by atoms with Crippen molar-refractivity contribution in [2.24, 2.45) is 0 Å². The Morgan fingerprint density at radius 1 is 1.57 bits per heavy atom. The molecule has 2 heterocycles. The number of nitrogens with zero attached hydrogens (tertiary/aromatic N) is 3. The van der Waals surface area contributed by atoms with Crippen molar-refractivity contribution in [3.05, 3.63) is 18.1 Å². The minimum absolute atomic E-state index is 0.134. The first-order chi connectivity index (χ1) is 6.70. The highest BCUT2D eigenvalue weighted by Crippen LogP contribution is 2.31. The van der Waals surface area contributed by atoms with E-state index in [1.165, 1.54) is 6.33 Å². The number of carbonyl (C=O) groups is 1. The van der Waals surface area contributed by atoms with E-state index in [1.807, 2.05) is 6.20 Å². The lowest BCUT2D eigenvalue weighted by molar-refractivity contribution is -0.118. The van der Waals surface area contributed by atoms with E-state index in [2.05, 4.69) is 16.9 Å². The Labute approximate surface area is 83.0 Å². The molecule has 1 aliphatic heterocycles. The largest absolute Gasteiger partial charge is 0.300 e. The highest BCUT2D eigenvalue weighted by Gasteiger charge is 2.24. The number of anilines is 1. The quantitative estimate of drug-likeness (QED) is 0.621. The van der Waals surface area contributed by atoms with E-state index in [9.17, 15) is 4.79 Å². The number of aromatic nitrogens is 2. The Morgan fingerprint density at radius 3 is 3.14 bits per heavy atom. The second-order valence-electron chi connectivity index (χ2n) is 3.69. The normalized spacial score (nSPS) is 21.7. The van der Waals surface area contributed by atoms with E-state index in [-0.39, 0.29) is 5.91 Å². The molecule has 0 bridgehead atoms. The van der Waals surface area contributed by atoms with E-state index < -0.39 is 0 Å². The molecule has 1 amide bonds. The summed E-state index contributed by atoms with van der Waals surface area (Å²) in [5.41, 5.74) is 1.07. The third-order valence-corrected chi connectivity index (χ3v) is 2.73. The zero-order chi connectivity index (χ0) is 10.1. The fourth-order valence-corrected chi connectivity index (χ4v) is 1.74. The van der Waals surface area contributed by atoms with Crippen LogP contribution in [0.3, 0.4) is 0 Å². The van der Waals surface area contributed by atoms with Gasteiger partial charge in [-0.15, -0.1) is 0 Å². The van der Waals surface area contributed by atoms with Crippen molar-refractivity contribution in [2.75, 3.05) is 11.9 Å². The molecule has 4 heteroatoms. The van der Waals surface area contributed by atoms with Gasteiger partial charge in [-0.05, 0) is 12.3 Å². The van der Waals surface area contributed by atoms with Gasteiger partial charge in [-0.2, -0.15) is 0 Å². The highest BCUT2D eigenvalue weighted by molar-refractivity contribution is 5.93. The van der Waals surface area contributed by atoms with Crippen LogP contribution in [0.4, 0.5) is 5.82 Å². The average Bonchev–Trinajstić information content (AvgIpc) is 2.33. The summed E-state index contributed by atoms with van der Waals surface area (Å²) < 4.78 is 0. The lowest BCUT2D eigenvalue weighted by Crippen LogP contribution is -2.25. The first kappa shape index (κ1) is 9.12. The molecule has 1 unspecified atom stereocenters. The summed E-state index contributed by atoms with van der Waals surface area (Å²) in [6, 6.07) is 0. The third kappa shape index (κ3) is 1.36. The van der Waals surface area contributed by atoms with Gasteiger partial charge in [-0.25, -0.2) is 9.97 Å². The molecule has 14 heavy (non-hydrogen) atoms. The van der Waals surface area contributed by atoms with Gasteiger partial charge >= 0.3 is 0 Å². The summed E-state index contributed by atoms with van der Waals surface area (Å²) in [5, 5.41) is 0.